The Bertz CT molecular complexity index is 5020. The van der Waals surface area contributed by atoms with E-state index < -0.39 is 44.4 Å². The highest BCUT2D eigenvalue weighted by atomic mass is 79.9. The second-order valence-corrected chi connectivity index (χ2v) is 28.8. The Kier molecular flexibility index (Phi) is 24.7. The van der Waals surface area contributed by atoms with Crippen molar-refractivity contribution in [3.05, 3.63) is 187 Å². The number of aryl methyl sites for hydroxylation is 3. The molecule has 0 atom stereocenters. The molecule has 550 valence electrons. The zero-order valence-corrected chi connectivity index (χ0v) is 62.4. The van der Waals surface area contributed by atoms with Gasteiger partial charge in [0.1, 0.15) is 82.5 Å². The molecule has 11 aromatic rings. The summed E-state index contributed by atoms with van der Waals surface area (Å²) in [6.45, 7) is 29.7. The number of nitrogen functional groups attached to an aromatic ring is 2. The summed E-state index contributed by atoms with van der Waals surface area (Å²) >= 11 is 6.64. The van der Waals surface area contributed by atoms with Crippen LogP contribution < -0.4 is 16.9 Å². The number of nitrogens with zero attached hydrogens (tertiary/aromatic N) is 16. The van der Waals surface area contributed by atoms with Gasteiger partial charge in [0.15, 0.2) is 22.9 Å². The predicted octanol–water partition coefficient (Wildman–Crippen LogP) is 13.6. The van der Waals surface area contributed by atoms with Gasteiger partial charge < -0.3 is 48.2 Å². The molecule has 26 nitrogen and oxygen atoms in total. The summed E-state index contributed by atoms with van der Waals surface area (Å²) in [6.07, 6.45) is 5.39. The average Bonchev–Trinajstić information content (AvgIpc) is 1.52. The van der Waals surface area contributed by atoms with Gasteiger partial charge in [-0.15, -0.1) is 10.2 Å². The second kappa shape index (κ2) is 32.1. The number of oxazole rings is 2. The van der Waals surface area contributed by atoms with Crippen LogP contribution in [0.25, 0.3) is 45.6 Å². The van der Waals surface area contributed by atoms with Crippen LogP contribution in [0, 0.1) is 78.0 Å². The lowest BCUT2D eigenvalue weighted by Crippen LogP contribution is -2.41. The first-order valence-corrected chi connectivity index (χ1v) is 33.7. The highest BCUT2D eigenvalue weighted by Gasteiger charge is 2.64. The molecule has 0 amide bonds. The van der Waals surface area contributed by atoms with Crippen molar-refractivity contribution in [3.8, 4) is 52.5 Å². The summed E-state index contributed by atoms with van der Waals surface area (Å²) in [7, 11) is -1.39. The van der Waals surface area contributed by atoms with E-state index >= 15 is 0 Å². The molecule has 0 bridgehead atoms. The molecule has 2 aromatic carbocycles. The smallest absolute Gasteiger partial charge is 0.443 e. The number of anilines is 2. The molecule has 0 unspecified atom stereocenters. The number of rotatable bonds is 9. The minimum absolute atomic E-state index is 0. The number of nitriles is 3. The summed E-state index contributed by atoms with van der Waals surface area (Å²) in [5, 5.41) is 35.3. The number of fused-ring (bicyclic) bond motifs is 2. The van der Waals surface area contributed by atoms with E-state index in [4.69, 9.17) is 58.8 Å². The zero-order chi connectivity index (χ0) is 75.8. The van der Waals surface area contributed by atoms with Crippen molar-refractivity contribution in [2.75, 3.05) is 11.5 Å². The van der Waals surface area contributed by atoms with Crippen molar-refractivity contribution in [1.82, 2.24) is 64.1 Å². The van der Waals surface area contributed by atoms with Crippen molar-refractivity contribution >= 4 is 81.7 Å². The lowest BCUT2D eigenvalue weighted by atomic mass is 9.49. The van der Waals surface area contributed by atoms with Gasteiger partial charge in [-0.1, -0.05) is 42.9 Å². The summed E-state index contributed by atoms with van der Waals surface area (Å²) in [4.78, 5) is 37.8. The van der Waals surface area contributed by atoms with Crippen molar-refractivity contribution in [2.45, 2.75) is 165 Å². The number of aromatic nitrogens is 13. The molecule has 3 aliphatic heterocycles. The SMILES string of the molecule is C.C.CC1(C)OB(B2OC(C)(C)C(C)(C)O2)OC1(C)C.Cc1cc(-c2c(-c3ncco3)nc(N)n3nc(Cc4c(F)cccc4F)nc23)cc(C#N)n1.Cc1cc(B2OC(C)(C)C(C)(C)O2)cc(C#N)n1.Cc1cc(Br)cc(C#N)n1.Nc1nc(-c2ncco2)c(Br)c2nc(Cc3c(F)cccc3F)nn12. The van der Waals surface area contributed by atoms with Crippen LogP contribution in [0.4, 0.5) is 29.5 Å². The first-order chi connectivity index (χ1) is 48.8. The number of halogens is 6. The molecule has 0 spiro atoms. The fourth-order valence-electron chi connectivity index (χ4n) is 10.5. The van der Waals surface area contributed by atoms with Crippen molar-refractivity contribution in [3.63, 3.8) is 0 Å². The maximum Gasteiger partial charge on any atom is 0.495 e. The van der Waals surface area contributed by atoms with Crippen LogP contribution in [0.1, 0.15) is 155 Å². The lowest BCUT2D eigenvalue weighted by molar-refractivity contribution is 0.00578. The molecule has 4 N–H and O–H groups in total. The highest BCUT2D eigenvalue weighted by Crippen LogP contribution is 2.44. The molecule has 12 heterocycles. The average molecular weight is 1580 g/mol. The van der Waals surface area contributed by atoms with Crippen molar-refractivity contribution in [1.29, 1.82) is 15.8 Å². The van der Waals surface area contributed by atoms with E-state index in [0.717, 1.165) is 21.3 Å². The van der Waals surface area contributed by atoms with Gasteiger partial charge in [0.25, 0.3) is 0 Å². The molecule has 9 aromatic heterocycles. The lowest BCUT2D eigenvalue weighted by Gasteiger charge is -2.32. The van der Waals surface area contributed by atoms with Gasteiger partial charge in [0.2, 0.25) is 23.7 Å². The van der Waals surface area contributed by atoms with Crippen LogP contribution in [0.15, 0.2) is 115 Å². The summed E-state index contributed by atoms with van der Waals surface area (Å²) in [5.74, 6) is -1.96. The minimum atomic E-state index is -0.705. The zero-order valence-electron chi connectivity index (χ0n) is 59.2. The largest absolute Gasteiger partial charge is 0.495 e. The monoisotopic (exact) mass is 1580 g/mol. The van der Waals surface area contributed by atoms with Crippen molar-refractivity contribution < 1.29 is 54.3 Å². The molecule has 106 heavy (non-hydrogen) atoms. The van der Waals surface area contributed by atoms with Gasteiger partial charge >= 0.3 is 21.1 Å². The fourth-order valence-corrected chi connectivity index (χ4v) is 11.6. The molecule has 0 saturated carbocycles. The molecule has 14 rings (SSSR count). The van der Waals surface area contributed by atoms with E-state index in [0.29, 0.717) is 44.0 Å². The molecule has 35 heteroatoms. The van der Waals surface area contributed by atoms with Gasteiger partial charge in [-0.2, -0.15) is 24.8 Å². The maximum atomic E-state index is 14.2. The first kappa shape index (κ1) is 81.8. The second-order valence-electron chi connectivity index (χ2n) is 27.1. The maximum absolute atomic E-state index is 14.2. The molecule has 0 radical (unpaired) electrons. The Labute approximate surface area is 628 Å². The van der Waals surface area contributed by atoms with E-state index in [2.05, 4.69) is 93.0 Å². The number of hydrogen-bond acceptors (Lipinski definition) is 24. The molecular weight excluding hydrogens is 1500 g/mol. The van der Waals surface area contributed by atoms with Crippen LogP contribution in [0.2, 0.25) is 0 Å². The molecule has 3 saturated heterocycles. The number of pyridine rings is 3. The Balaban J connectivity index is 0.000000174. The quantitative estimate of drug-likeness (QED) is 0.100. The van der Waals surface area contributed by atoms with Crippen LogP contribution in [0.5, 0.6) is 0 Å². The van der Waals surface area contributed by atoms with E-state index in [9.17, 15) is 22.8 Å². The highest BCUT2D eigenvalue weighted by molar-refractivity contribution is 9.11. The summed E-state index contributed by atoms with van der Waals surface area (Å²) in [5.41, 5.74) is 15.9. The van der Waals surface area contributed by atoms with Gasteiger partial charge in [0.05, 0.1) is 56.0 Å². The molecular formula is C71H77B3Br2F4N18O8. The fraction of sp³-hybridized carbons (Fsp3) is 0.352. The first-order valence-electron chi connectivity index (χ1n) is 32.1. The van der Waals surface area contributed by atoms with Crippen LogP contribution in [0.3, 0.4) is 0 Å². The minimum Gasteiger partial charge on any atom is -0.443 e. The van der Waals surface area contributed by atoms with Gasteiger partial charge in [-0.05, 0) is 191 Å². The Morgan fingerprint density at radius 1 is 0.481 bits per heavy atom. The van der Waals surface area contributed by atoms with E-state index in [1.807, 2.05) is 121 Å². The van der Waals surface area contributed by atoms with Crippen LogP contribution in [-0.4, -0.2) is 119 Å². The molecule has 3 aliphatic rings. The Hall–Kier alpha value is -9.89. The van der Waals surface area contributed by atoms with Crippen LogP contribution in [-0.2, 0) is 40.8 Å². The van der Waals surface area contributed by atoms with Gasteiger partial charge in [-0.3, -0.25) is 0 Å². The standard InChI is InChI=1S/C22H14F2N8O.C15H9BrF2N6O.C13H17BN2O2.C12H24B2O4.C7H5BrN2.2CH4/c1-11-7-12(8-13(10-25)28-11)18-19(21-27-5-6-33-21)30-22(26)32-20(18)29-17(31-32)9-14-15(23)3-2-4-16(14)24;16-11-12(14-20-4-5-25-14)22-15(19)24-13(11)21-10(23-24)6-7-8(17)2-1-3-9(7)18;1-9-6-10(7-11(8-15)16-9)14-17-12(2,3)13(4,5)18-14;1-9(2)10(3,4)16-13(15-9)14-17-11(5,6)12(7,8)18-14;1-5-2-6(8)3-7(4-9)10-5;;/h2-8H,9H2,1H3,(H2,26,30);1-5H,6H2,(H2,19,22);6-7H,1-5H3;1-8H3;2-3H,1H3;2*1H4. The van der Waals surface area contributed by atoms with E-state index in [1.54, 1.807) is 31.2 Å². The number of hydrogen-bond donors (Lipinski definition) is 2. The number of nitrogens with two attached hydrogens (primary N) is 2. The third kappa shape index (κ3) is 17.6. The third-order valence-electron chi connectivity index (χ3n) is 17.9. The van der Waals surface area contributed by atoms with Gasteiger partial charge in [-0.25, -0.2) is 62.4 Å². The third-order valence-corrected chi connectivity index (χ3v) is 19.1. The summed E-state index contributed by atoms with van der Waals surface area (Å²) < 4.78 is 106. The summed E-state index contributed by atoms with van der Waals surface area (Å²) in [6, 6.07) is 23.8. The molecule has 3 fully saturated rings. The van der Waals surface area contributed by atoms with E-state index in [1.165, 1.54) is 70.3 Å². The topological polar surface area (TPSA) is 356 Å². The normalized spacial score (nSPS) is 15.9. The van der Waals surface area contributed by atoms with Crippen LogP contribution >= 0.6 is 31.9 Å². The number of benzene rings is 2. The molecule has 0 aliphatic carbocycles. The van der Waals surface area contributed by atoms with E-state index in [-0.39, 0.29) is 125 Å². The Morgan fingerprint density at radius 2 is 0.858 bits per heavy atom. The predicted molar refractivity (Wildman–Crippen MR) is 397 cm³/mol. The Morgan fingerprint density at radius 3 is 1.28 bits per heavy atom. The van der Waals surface area contributed by atoms with Gasteiger partial charge in [0, 0.05) is 45.5 Å². The van der Waals surface area contributed by atoms with Crippen molar-refractivity contribution in [2.24, 2.45) is 0 Å².